The molecule has 0 fully saturated rings. The molecule has 2 aliphatic rings. The number of phenols is 1. The van der Waals surface area contributed by atoms with Crippen molar-refractivity contribution in [1.82, 2.24) is 0 Å². The average Bonchev–Trinajstić information content (AvgIpc) is 2.64. The minimum absolute atomic E-state index is 0.0721. The molecule has 6 nitrogen and oxygen atoms in total. The topological polar surface area (TPSA) is 71.0 Å². The summed E-state index contributed by atoms with van der Waals surface area (Å²) >= 11 is 0. The van der Waals surface area contributed by atoms with Crippen LogP contribution in [-0.2, 0) is 12.8 Å². The lowest BCUT2D eigenvalue weighted by Crippen LogP contribution is -2.48. The summed E-state index contributed by atoms with van der Waals surface area (Å²) in [6, 6.07) is 5.40. The van der Waals surface area contributed by atoms with E-state index in [0.29, 0.717) is 42.2 Å². The summed E-state index contributed by atoms with van der Waals surface area (Å²) in [5, 5.41) is 24.0. The van der Waals surface area contributed by atoms with Crippen molar-refractivity contribution in [3.8, 4) is 34.1 Å². The fourth-order valence-electron chi connectivity index (χ4n) is 4.40. The van der Waals surface area contributed by atoms with Gasteiger partial charge in [0.25, 0.3) is 0 Å². The lowest BCUT2D eigenvalue weighted by Gasteiger charge is -2.51. The summed E-state index contributed by atoms with van der Waals surface area (Å²) < 4.78 is 16.2. The maximum atomic E-state index is 13.2. The van der Waals surface area contributed by atoms with Gasteiger partial charge in [-0.05, 0) is 23.3 Å². The van der Waals surface area contributed by atoms with Crippen LogP contribution in [0.25, 0.3) is 11.1 Å². The Morgan fingerprint density at radius 1 is 1.04 bits per heavy atom. The van der Waals surface area contributed by atoms with E-state index in [1.54, 1.807) is 27.3 Å². The van der Waals surface area contributed by atoms with Gasteiger partial charge in [-0.1, -0.05) is 6.07 Å². The number of rotatable bonds is 3. The highest BCUT2D eigenvalue weighted by Gasteiger charge is 2.42. The van der Waals surface area contributed by atoms with Gasteiger partial charge in [0.2, 0.25) is 0 Å². The molecule has 1 N–H and O–H groups in total. The first-order valence-corrected chi connectivity index (χ1v) is 8.66. The fourth-order valence-corrected chi connectivity index (χ4v) is 4.40. The lowest BCUT2D eigenvalue weighted by molar-refractivity contribution is -0.894. The second kappa shape index (κ2) is 5.79. The first-order chi connectivity index (χ1) is 12.4. The van der Waals surface area contributed by atoms with Gasteiger partial charge in [-0.15, -0.1) is 0 Å². The van der Waals surface area contributed by atoms with E-state index in [1.165, 1.54) is 7.11 Å². The molecule has 2 atom stereocenters. The van der Waals surface area contributed by atoms with Gasteiger partial charge in [-0.3, -0.25) is 0 Å². The van der Waals surface area contributed by atoms with E-state index < -0.39 is 0 Å². The Balaban J connectivity index is 2.13. The van der Waals surface area contributed by atoms with Crippen LogP contribution in [-0.4, -0.2) is 44.7 Å². The molecule has 0 aromatic heterocycles. The molecule has 0 bridgehead atoms. The lowest BCUT2D eigenvalue weighted by atomic mass is 9.76. The van der Waals surface area contributed by atoms with Crippen LogP contribution in [0, 0.1) is 5.21 Å². The van der Waals surface area contributed by atoms with Crippen molar-refractivity contribution >= 4 is 0 Å². The molecule has 2 aromatic rings. The van der Waals surface area contributed by atoms with Crippen LogP contribution in [0.3, 0.4) is 0 Å². The fraction of sp³-hybridized carbons (Fsp3) is 0.400. The Morgan fingerprint density at radius 3 is 2.42 bits per heavy atom. The second-order valence-electron chi connectivity index (χ2n) is 7.08. The Kier molecular flexibility index (Phi) is 3.78. The van der Waals surface area contributed by atoms with Crippen molar-refractivity contribution < 1.29 is 24.0 Å². The van der Waals surface area contributed by atoms with Crippen molar-refractivity contribution in [2.75, 3.05) is 34.9 Å². The number of hydroxylamine groups is 3. The number of likely N-dealkylation sites (N-methyl/N-ethyl adjacent to an activating group) is 1. The zero-order valence-electron chi connectivity index (χ0n) is 15.5. The van der Waals surface area contributed by atoms with Gasteiger partial charge >= 0.3 is 0 Å². The highest BCUT2D eigenvalue weighted by molar-refractivity contribution is 5.88. The summed E-state index contributed by atoms with van der Waals surface area (Å²) in [4.78, 5) is 0. The van der Waals surface area contributed by atoms with E-state index in [2.05, 4.69) is 0 Å². The van der Waals surface area contributed by atoms with Crippen molar-refractivity contribution in [1.29, 1.82) is 0 Å². The molecule has 0 radical (unpaired) electrons. The summed E-state index contributed by atoms with van der Waals surface area (Å²) in [6.45, 7) is 0.518. The van der Waals surface area contributed by atoms with Crippen LogP contribution in [0.15, 0.2) is 18.2 Å². The maximum Gasteiger partial charge on any atom is 0.169 e. The number of phenolic OH excluding ortho intramolecular Hbond substituents is 1. The smallest absolute Gasteiger partial charge is 0.169 e. The minimum Gasteiger partial charge on any atom is -0.633 e. The number of methoxy groups -OCH3 is 3. The highest BCUT2D eigenvalue weighted by atomic mass is 16.5. The molecule has 0 amide bonds. The van der Waals surface area contributed by atoms with E-state index in [0.717, 1.165) is 22.3 Å². The van der Waals surface area contributed by atoms with Gasteiger partial charge in [-0.2, -0.15) is 0 Å². The SMILES string of the molecule is COc1ccc2c(c1O)-c1c(OC)c(OC)cc3c1[C@H](C2)[N@+](C)([O-])CC3. The zero-order valence-corrected chi connectivity index (χ0v) is 15.5. The minimum atomic E-state index is -0.332. The van der Waals surface area contributed by atoms with Gasteiger partial charge in [0.05, 0.1) is 34.9 Å². The Hall–Kier alpha value is -2.44. The van der Waals surface area contributed by atoms with Crippen LogP contribution in [0.1, 0.15) is 22.7 Å². The summed E-state index contributed by atoms with van der Waals surface area (Å²) in [7, 11) is 6.43. The van der Waals surface area contributed by atoms with Crippen LogP contribution in [0.2, 0.25) is 0 Å². The van der Waals surface area contributed by atoms with Crippen molar-refractivity contribution in [3.63, 3.8) is 0 Å². The molecule has 1 aliphatic carbocycles. The molecule has 0 unspecified atom stereocenters. The number of fused-ring (bicyclic) bond motifs is 2. The highest BCUT2D eigenvalue weighted by Crippen LogP contribution is 2.57. The van der Waals surface area contributed by atoms with E-state index in [4.69, 9.17) is 14.2 Å². The van der Waals surface area contributed by atoms with Crippen molar-refractivity contribution in [2.24, 2.45) is 0 Å². The number of hydrogen-bond donors (Lipinski definition) is 1. The largest absolute Gasteiger partial charge is 0.633 e. The normalized spacial score (nSPS) is 23.0. The van der Waals surface area contributed by atoms with Gasteiger partial charge in [0, 0.05) is 29.5 Å². The van der Waals surface area contributed by atoms with Gasteiger partial charge in [-0.25, -0.2) is 0 Å². The Bertz CT molecular complexity index is 891. The molecule has 138 valence electrons. The first-order valence-electron chi connectivity index (χ1n) is 8.66. The molecule has 0 saturated heterocycles. The number of hydrogen-bond acceptors (Lipinski definition) is 5. The number of quaternary nitrogens is 1. The summed E-state index contributed by atoms with van der Waals surface area (Å²) in [5.41, 5.74) is 4.39. The Labute approximate surface area is 152 Å². The number of aromatic hydroxyl groups is 1. The predicted molar refractivity (Wildman–Crippen MR) is 97.8 cm³/mol. The molecule has 2 aromatic carbocycles. The van der Waals surface area contributed by atoms with E-state index in [1.807, 2.05) is 12.1 Å². The molecular formula is C20H23NO5. The summed E-state index contributed by atoms with van der Waals surface area (Å²) in [5.74, 6) is 1.62. The average molecular weight is 357 g/mol. The molecule has 1 heterocycles. The van der Waals surface area contributed by atoms with Gasteiger partial charge in [0.1, 0.15) is 6.04 Å². The third-order valence-electron chi connectivity index (χ3n) is 5.72. The number of benzene rings is 2. The molecule has 0 spiro atoms. The van der Waals surface area contributed by atoms with Gasteiger partial charge in [0.15, 0.2) is 23.0 Å². The van der Waals surface area contributed by atoms with E-state index in [-0.39, 0.29) is 16.4 Å². The van der Waals surface area contributed by atoms with Gasteiger partial charge < -0.3 is 29.2 Å². The third kappa shape index (κ3) is 2.19. The zero-order chi connectivity index (χ0) is 18.6. The van der Waals surface area contributed by atoms with Crippen LogP contribution in [0.5, 0.6) is 23.0 Å². The molecule has 4 rings (SSSR count). The molecule has 6 heteroatoms. The number of ether oxygens (including phenoxy) is 3. The van der Waals surface area contributed by atoms with Crippen LogP contribution >= 0.6 is 0 Å². The van der Waals surface area contributed by atoms with Crippen molar-refractivity contribution in [2.45, 2.75) is 18.9 Å². The van der Waals surface area contributed by atoms with Crippen LogP contribution in [0.4, 0.5) is 0 Å². The van der Waals surface area contributed by atoms with Crippen molar-refractivity contribution in [3.05, 3.63) is 40.1 Å². The van der Waals surface area contributed by atoms with Crippen LogP contribution < -0.4 is 14.2 Å². The monoisotopic (exact) mass is 357 g/mol. The van der Waals surface area contributed by atoms with E-state index in [9.17, 15) is 10.3 Å². The first kappa shape index (κ1) is 17.0. The maximum absolute atomic E-state index is 13.2. The summed E-state index contributed by atoms with van der Waals surface area (Å²) in [6.07, 6.45) is 1.24. The Morgan fingerprint density at radius 2 is 1.77 bits per heavy atom. The quantitative estimate of drug-likeness (QED) is 0.675. The molecule has 0 saturated carbocycles. The van der Waals surface area contributed by atoms with E-state index >= 15 is 0 Å². The molecule has 1 aliphatic heterocycles. The third-order valence-corrected chi connectivity index (χ3v) is 5.72. The molecular weight excluding hydrogens is 334 g/mol. The number of nitrogens with zero attached hydrogens (tertiary/aromatic N) is 1. The predicted octanol–water partition coefficient (Wildman–Crippen LogP) is 3.18. The second-order valence-corrected chi connectivity index (χ2v) is 7.08. The standard InChI is InChI=1S/C20H23NO5/c1-21(23)8-7-12-10-15(25-3)20(26-4)18-16(12)13(21)9-11-5-6-14(24-2)19(22)17(11)18/h5-6,10,13,22H,7-9H2,1-4H3/t13-,21+/m0/s1. The molecule has 26 heavy (non-hydrogen) atoms.